The van der Waals surface area contributed by atoms with Crippen molar-refractivity contribution in [1.82, 2.24) is 15.0 Å². The number of hydrogen-bond acceptors (Lipinski definition) is 4. The highest BCUT2D eigenvalue weighted by Crippen LogP contribution is 2.66. The normalized spacial score (nSPS) is 49.2. The van der Waals surface area contributed by atoms with Crippen LogP contribution >= 0.6 is 0 Å². The molecule has 8 atom stereocenters. The molecule has 1 N–H and O–H groups in total. The van der Waals surface area contributed by atoms with Crippen LogP contribution in [0.4, 0.5) is 4.39 Å². The van der Waals surface area contributed by atoms with Crippen molar-refractivity contribution in [2.45, 2.75) is 89.4 Å². The highest BCUT2D eigenvalue weighted by molar-refractivity contribution is 5.82. The second kappa shape index (κ2) is 6.60. The van der Waals surface area contributed by atoms with Crippen molar-refractivity contribution in [2.75, 3.05) is 0 Å². The third kappa shape index (κ3) is 3.00. The number of aliphatic hydroxyl groups is 1. The molecule has 4 aliphatic rings. The van der Waals surface area contributed by atoms with E-state index in [4.69, 9.17) is 0 Å². The highest BCUT2D eigenvalue weighted by atomic mass is 19.1. The largest absolute Gasteiger partial charge is 0.390 e. The molecule has 0 radical (unpaired) electrons. The van der Waals surface area contributed by atoms with E-state index < -0.39 is 11.3 Å². The minimum Gasteiger partial charge on any atom is -0.390 e. The number of carbonyl (C=O) groups excluding carboxylic acids is 1. The summed E-state index contributed by atoms with van der Waals surface area (Å²) in [6.45, 7) is 4.42. The molecule has 5 nitrogen and oxygen atoms in total. The molecule has 1 aromatic heterocycles. The molecule has 0 spiro atoms. The molecule has 0 saturated heterocycles. The molecule has 0 amide bonds. The number of carbonyl (C=O) groups is 1. The molecule has 29 heavy (non-hydrogen) atoms. The second-order valence-corrected chi connectivity index (χ2v) is 11.0. The van der Waals surface area contributed by atoms with Crippen molar-refractivity contribution < 1.29 is 14.3 Å². The van der Waals surface area contributed by atoms with E-state index in [-0.39, 0.29) is 35.5 Å². The van der Waals surface area contributed by atoms with Gasteiger partial charge in [-0.15, -0.1) is 0 Å². The van der Waals surface area contributed by atoms with E-state index >= 15 is 4.39 Å². The predicted octanol–water partition coefficient (Wildman–Crippen LogP) is 3.96. The Hall–Kier alpha value is -1.30. The summed E-state index contributed by atoms with van der Waals surface area (Å²) in [6, 6.07) is 0. The average molecular weight is 404 g/mol. The van der Waals surface area contributed by atoms with Crippen LogP contribution in [0.5, 0.6) is 0 Å². The Bertz CT molecular complexity index is 781. The van der Waals surface area contributed by atoms with Crippen molar-refractivity contribution in [3.63, 3.8) is 0 Å². The number of ketones is 1. The van der Waals surface area contributed by atoms with Crippen LogP contribution in [0.1, 0.15) is 71.6 Å². The van der Waals surface area contributed by atoms with E-state index in [0.717, 1.165) is 38.5 Å². The maximum absolute atomic E-state index is 16.4. The topological polar surface area (TPSA) is 68.0 Å². The lowest BCUT2D eigenvalue weighted by molar-refractivity contribution is -0.166. The fraction of sp³-hybridized carbons (Fsp3) is 0.870. The van der Waals surface area contributed by atoms with Gasteiger partial charge in [-0.3, -0.25) is 4.79 Å². The van der Waals surface area contributed by atoms with E-state index in [1.54, 1.807) is 12.4 Å². The summed E-state index contributed by atoms with van der Waals surface area (Å²) in [6.07, 6.45) is 10.6. The third-order valence-corrected chi connectivity index (χ3v) is 9.47. The zero-order valence-corrected chi connectivity index (χ0v) is 17.7. The Kier molecular flexibility index (Phi) is 4.47. The summed E-state index contributed by atoms with van der Waals surface area (Å²) in [7, 11) is 0. The van der Waals surface area contributed by atoms with Crippen LogP contribution in [0.3, 0.4) is 0 Å². The van der Waals surface area contributed by atoms with E-state index in [1.807, 2.05) is 6.92 Å². The number of halogens is 1. The molecule has 160 valence electrons. The van der Waals surface area contributed by atoms with Gasteiger partial charge in [0.15, 0.2) is 5.78 Å². The number of hydrogen-bond donors (Lipinski definition) is 1. The standard InChI is InChI=1S/C23H34FN3O2/c1-21(29)9-10-23(24)15(13-21)3-4-16-17-5-6-19(22(17,2)8-7-18(16)23)20(28)14-27-25-11-12-26-27/h11-12,15-19,29H,3-10,13-14H2,1-2H3/t15-,16-,17-,18-,19+,21+,22-,23+/m0/s1. The Labute approximate surface area is 172 Å². The molecule has 0 bridgehead atoms. The Morgan fingerprint density at radius 1 is 1.07 bits per heavy atom. The van der Waals surface area contributed by atoms with Gasteiger partial charge in [0.1, 0.15) is 12.2 Å². The predicted molar refractivity (Wildman–Crippen MR) is 107 cm³/mol. The lowest BCUT2D eigenvalue weighted by atomic mass is 9.48. The van der Waals surface area contributed by atoms with Gasteiger partial charge in [-0.1, -0.05) is 6.92 Å². The molecule has 4 saturated carbocycles. The van der Waals surface area contributed by atoms with E-state index in [2.05, 4.69) is 17.1 Å². The lowest BCUT2D eigenvalue weighted by Crippen LogP contribution is -2.58. The van der Waals surface area contributed by atoms with Gasteiger partial charge in [-0.25, -0.2) is 4.39 Å². The number of fused-ring (bicyclic) bond motifs is 5. The molecule has 4 fully saturated rings. The van der Waals surface area contributed by atoms with Gasteiger partial charge in [0, 0.05) is 5.92 Å². The minimum absolute atomic E-state index is 0.00146. The number of alkyl halides is 1. The van der Waals surface area contributed by atoms with E-state index in [0.29, 0.717) is 31.1 Å². The first-order valence-corrected chi connectivity index (χ1v) is 11.5. The van der Waals surface area contributed by atoms with Gasteiger partial charge in [-0.05, 0) is 93.8 Å². The fourth-order valence-electron chi connectivity index (χ4n) is 8.08. The smallest absolute Gasteiger partial charge is 0.159 e. The number of Topliss-reactive ketones (excluding diaryl/α,β-unsaturated/α-hetero) is 1. The van der Waals surface area contributed by atoms with Crippen molar-refractivity contribution >= 4 is 5.78 Å². The Morgan fingerprint density at radius 2 is 1.83 bits per heavy atom. The Morgan fingerprint density at radius 3 is 2.59 bits per heavy atom. The first-order valence-electron chi connectivity index (χ1n) is 11.5. The first kappa shape index (κ1) is 19.7. The molecular formula is C23H34FN3O2. The fourth-order valence-corrected chi connectivity index (χ4v) is 8.08. The van der Waals surface area contributed by atoms with Crippen LogP contribution in [0.15, 0.2) is 12.4 Å². The molecular weight excluding hydrogens is 369 g/mol. The zero-order valence-electron chi connectivity index (χ0n) is 17.7. The van der Waals surface area contributed by atoms with Crippen LogP contribution < -0.4 is 0 Å². The molecule has 1 aromatic rings. The quantitative estimate of drug-likeness (QED) is 0.829. The van der Waals surface area contributed by atoms with Gasteiger partial charge in [0.25, 0.3) is 0 Å². The van der Waals surface area contributed by atoms with Gasteiger partial charge in [-0.2, -0.15) is 15.0 Å². The van der Waals surface area contributed by atoms with Crippen molar-refractivity contribution in [3.8, 4) is 0 Å². The summed E-state index contributed by atoms with van der Waals surface area (Å²) in [4.78, 5) is 14.6. The van der Waals surface area contributed by atoms with Crippen LogP contribution in [0.25, 0.3) is 0 Å². The molecule has 6 heteroatoms. The van der Waals surface area contributed by atoms with E-state index in [9.17, 15) is 9.90 Å². The lowest BCUT2D eigenvalue weighted by Gasteiger charge is -2.59. The highest BCUT2D eigenvalue weighted by Gasteiger charge is 2.63. The number of aromatic nitrogens is 3. The number of rotatable bonds is 3. The molecule has 0 aliphatic heterocycles. The molecule has 0 unspecified atom stereocenters. The number of nitrogens with zero attached hydrogens (tertiary/aromatic N) is 3. The molecule has 0 aromatic carbocycles. The Balaban J connectivity index is 1.36. The molecule has 1 heterocycles. The van der Waals surface area contributed by atoms with Gasteiger partial charge < -0.3 is 5.11 Å². The SMILES string of the molecule is C[C@@]1(O)CC[C@@]2(F)[C@@H](CC[C@H]3[C@@H]4CC[C@H](C(=O)Cn5nccn5)[C@@]4(C)CC[C@@H]32)C1. The van der Waals surface area contributed by atoms with Gasteiger partial charge >= 0.3 is 0 Å². The zero-order chi connectivity index (χ0) is 20.4. The maximum Gasteiger partial charge on any atom is 0.159 e. The summed E-state index contributed by atoms with van der Waals surface area (Å²) in [5.41, 5.74) is -1.84. The van der Waals surface area contributed by atoms with Crippen LogP contribution in [0, 0.1) is 35.0 Å². The van der Waals surface area contributed by atoms with Crippen molar-refractivity contribution in [1.29, 1.82) is 0 Å². The summed E-state index contributed by atoms with van der Waals surface area (Å²) in [5, 5.41) is 18.7. The minimum atomic E-state index is -1.12. The summed E-state index contributed by atoms with van der Waals surface area (Å²) in [5.74, 6) is 1.22. The van der Waals surface area contributed by atoms with E-state index in [1.165, 1.54) is 4.80 Å². The molecule has 5 rings (SSSR count). The molecule has 4 aliphatic carbocycles. The first-order chi connectivity index (χ1) is 13.7. The monoisotopic (exact) mass is 403 g/mol. The van der Waals surface area contributed by atoms with Gasteiger partial charge in [0.05, 0.1) is 18.0 Å². The summed E-state index contributed by atoms with van der Waals surface area (Å²) >= 11 is 0. The van der Waals surface area contributed by atoms with Crippen LogP contribution in [-0.2, 0) is 11.3 Å². The second-order valence-electron chi connectivity index (χ2n) is 11.0. The maximum atomic E-state index is 16.4. The van der Waals surface area contributed by atoms with Crippen LogP contribution in [0.2, 0.25) is 0 Å². The third-order valence-electron chi connectivity index (χ3n) is 9.47. The van der Waals surface area contributed by atoms with Crippen molar-refractivity contribution in [3.05, 3.63) is 12.4 Å². The van der Waals surface area contributed by atoms with Gasteiger partial charge in [0.2, 0.25) is 0 Å². The van der Waals surface area contributed by atoms with Crippen LogP contribution in [-0.4, -0.2) is 37.2 Å². The summed E-state index contributed by atoms with van der Waals surface area (Å²) < 4.78 is 16.4. The van der Waals surface area contributed by atoms with Crippen molar-refractivity contribution in [2.24, 2.45) is 35.0 Å². The average Bonchev–Trinajstić information content (AvgIpc) is 3.29.